The summed E-state index contributed by atoms with van der Waals surface area (Å²) in [6.07, 6.45) is 0. The Morgan fingerprint density at radius 2 is 0.909 bits per heavy atom. The van der Waals surface area contributed by atoms with Gasteiger partial charge in [0.05, 0.1) is 11.4 Å². The third kappa shape index (κ3) is 5.36. The molecule has 0 saturated heterocycles. The highest BCUT2D eigenvalue weighted by atomic mass is 16.3. The predicted octanol–water partition coefficient (Wildman–Crippen LogP) is 14.2. The number of furan rings is 1. The fourth-order valence-electron chi connectivity index (χ4n) is 8.09. The van der Waals surface area contributed by atoms with Crippen LogP contribution in [0.3, 0.4) is 0 Å². The van der Waals surface area contributed by atoms with E-state index in [2.05, 4.69) is 194 Å². The van der Waals surface area contributed by atoms with Gasteiger partial charge in [0.25, 0.3) is 0 Å². The second kappa shape index (κ2) is 12.6. The van der Waals surface area contributed by atoms with Gasteiger partial charge in [-0.1, -0.05) is 158 Å². The van der Waals surface area contributed by atoms with E-state index in [1.807, 2.05) is 0 Å². The van der Waals surface area contributed by atoms with Gasteiger partial charge >= 0.3 is 0 Å². The van der Waals surface area contributed by atoms with E-state index in [0.717, 1.165) is 77.3 Å². The summed E-state index contributed by atoms with van der Waals surface area (Å²) in [5.74, 6) is 0.667. The molecule has 0 fully saturated rings. The van der Waals surface area contributed by atoms with Gasteiger partial charge in [-0.15, -0.1) is 0 Å². The number of nitrogens with zero attached hydrogens (tertiary/aromatic N) is 2. The summed E-state index contributed by atoms with van der Waals surface area (Å²) >= 11 is 0. The van der Waals surface area contributed by atoms with Crippen LogP contribution in [0.25, 0.3) is 110 Å². The second-order valence-corrected chi connectivity index (χ2v) is 14.2. The fourth-order valence-corrected chi connectivity index (χ4v) is 8.09. The Hall–Kier alpha value is -7.36. The van der Waals surface area contributed by atoms with Gasteiger partial charge in [-0.2, -0.15) is 0 Å². The van der Waals surface area contributed by atoms with Crippen LogP contribution in [0.1, 0.15) is 0 Å². The Morgan fingerprint density at radius 3 is 1.71 bits per heavy atom. The lowest BCUT2D eigenvalue weighted by Gasteiger charge is -2.13. The molecule has 256 valence electrons. The largest absolute Gasteiger partial charge is 0.455 e. The van der Waals surface area contributed by atoms with Crippen molar-refractivity contribution in [1.82, 2.24) is 9.97 Å². The van der Waals surface area contributed by atoms with Crippen molar-refractivity contribution < 1.29 is 4.42 Å². The maximum atomic E-state index is 7.07. The summed E-state index contributed by atoms with van der Waals surface area (Å²) in [6.45, 7) is 0. The van der Waals surface area contributed by atoms with E-state index < -0.39 is 0 Å². The van der Waals surface area contributed by atoms with Crippen molar-refractivity contribution in [2.45, 2.75) is 0 Å². The van der Waals surface area contributed by atoms with Gasteiger partial charge in [-0.25, -0.2) is 9.97 Å². The van der Waals surface area contributed by atoms with Crippen LogP contribution in [0, 0.1) is 0 Å². The first-order chi connectivity index (χ1) is 27.2. The molecule has 11 aromatic rings. The van der Waals surface area contributed by atoms with Gasteiger partial charge in [-0.05, 0) is 85.6 Å². The highest BCUT2D eigenvalue weighted by Gasteiger charge is 2.21. The van der Waals surface area contributed by atoms with E-state index in [1.54, 1.807) is 0 Å². The number of benzene rings is 9. The summed E-state index contributed by atoms with van der Waals surface area (Å²) in [5, 5.41) is 9.07. The number of hydrogen-bond acceptors (Lipinski definition) is 3. The standard InChI is InChI=1S/C52H32N2O/c1-2-11-33(12-3-1)39-18-10-19-40(29-39)43-27-28-45(51-49(43)46-26-25-36-15-8-9-20-44(36)50(46)55-51)48-32-47(41-23-21-34-13-4-6-16-37(34)30-41)53-52(54-48)42-24-22-35-14-5-7-17-38(35)31-42/h1-32H. The lowest BCUT2D eigenvalue weighted by Crippen LogP contribution is -1.96. The van der Waals surface area contributed by atoms with E-state index in [0.29, 0.717) is 5.82 Å². The Morgan fingerprint density at radius 1 is 0.309 bits per heavy atom. The zero-order chi connectivity index (χ0) is 36.3. The van der Waals surface area contributed by atoms with E-state index in [1.165, 1.54) is 27.3 Å². The highest BCUT2D eigenvalue weighted by Crippen LogP contribution is 2.44. The summed E-state index contributed by atoms with van der Waals surface area (Å²) in [4.78, 5) is 10.6. The van der Waals surface area contributed by atoms with Crippen molar-refractivity contribution in [3.05, 3.63) is 194 Å². The molecule has 0 unspecified atom stereocenters. The van der Waals surface area contributed by atoms with Crippen molar-refractivity contribution in [3.63, 3.8) is 0 Å². The molecular weight excluding hydrogens is 669 g/mol. The van der Waals surface area contributed by atoms with Gasteiger partial charge in [0, 0.05) is 32.8 Å². The monoisotopic (exact) mass is 700 g/mol. The van der Waals surface area contributed by atoms with Gasteiger partial charge in [0.1, 0.15) is 11.2 Å². The zero-order valence-corrected chi connectivity index (χ0v) is 29.8. The molecule has 11 rings (SSSR count). The summed E-state index contributed by atoms with van der Waals surface area (Å²) in [5.41, 5.74) is 10.9. The minimum Gasteiger partial charge on any atom is -0.455 e. The van der Waals surface area contributed by atoms with E-state index in [-0.39, 0.29) is 0 Å². The molecule has 0 aliphatic heterocycles. The molecule has 0 aliphatic carbocycles. The number of aromatic nitrogens is 2. The minimum absolute atomic E-state index is 0.667. The van der Waals surface area contributed by atoms with Crippen molar-refractivity contribution in [2.75, 3.05) is 0 Å². The summed E-state index contributed by atoms with van der Waals surface area (Å²) < 4.78 is 7.07. The van der Waals surface area contributed by atoms with Crippen LogP contribution in [0.2, 0.25) is 0 Å². The molecule has 3 heteroatoms. The van der Waals surface area contributed by atoms with Crippen LogP contribution in [-0.2, 0) is 0 Å². The molecule has 9 aromatic carbocycles. The van der Waals surface area contributed by atoms with Gasteiger partial charge < -0.3 is 4.42 Å². The number of fused-ring (bicyclic) bond motifs is 7. The van der Waals surface area contributed by atoms with Crippen LogP contribution in [0.5, 0.6) is 0 Å². The molecule has 0 spiro atoms. The lowest BCUT2D eigenvalue weighted by molar-refractivity contribution is 0.673. The summed E-state index contributed by atoms with van der Waals surface area (Å²) in [7, 11) is 0. The molecule has 2 heterocycles. The normalized spacial score (nSPS) is 11.6. The van der Waals surface area contributed by atoms with E-state index in [9.17, 15) is 0 Å². The molecule has 0 bridgehead atoms. The molecule has 3 nitrogen and oxygen atoms in total. The molecule has 0 radical (unpaired) electrons. The van der Waals surface area contributed by atoms with Crippen LogP contribution in [0.15, 0.2) is 199 Å². The maximum absolute atomic E-state index is 7.07. The lowest BCUT2D eigenvalue weighted by atomic mass is 9.93. The SMILES string of the molecule is c1ccc(-c2cccc(-c3ccc(-c4cc(-c5ccc6ccccc6c5)nc(-c5ccc6ccccc6c5)n4)c4oc5c6ccccc6ccc5c34)c2)cc1. The van der Waals surface area contributed by atoms with Crippen molar-refractivity contribution >= 4 is 54.3 Å². The molecule has 2 aromatic heterocycles. The van der Waals surface area contributed by atoms with E-state index in [4.69, 9.17) is 14.4 Å². The first-order valence-corrected chi connectivity index (χ1v) is 18.6. The average Bonchev–Trinajstić information content (AvgIpc) is 3.66. The molecule has 0 aliphatic rings. The minimum atomic E-state index is 0.667. The topological polar surface area (TPSA) is 38.9 Å². The zero-order valence-electron chi connectivity index (χ0n) is 29.8. The number of hydrogen-bond donors (Lipinski definition) is 0. The molecule has 0 N–H and O–H groups in total. The predicted molar refractivity (Wildman–Crippen MR) is 229 cm³/mol. The maximum Gasteiger partial charge on any atom is 0.160 e. The first kappa shape index (κ1) is 31.2. The average molecular weight is 701 g/mol. The van der Waals surface area contributed by atoms with Gasteiger partial charge in [0.2, 0.25) is 0 Å². The molecule has 0 amide bonds. The fraction of sp³-hybridized carbons (Fsp3) is 0. The van der Waals surface area contributed by atoms with Gasteiger partial charge in [0.15, 0.2) is 5.82 Å². The van der Waals surface area contributed by atoms with E-state index >= 15 is 0 Å². The van der Waals surface area contributed by atoms with Crippen LogP contribution < -0.4 is 0 Å². The van der Waals surface area contributed by atoms with Crippen molar-refractivity contribution in [2.24, 2.45) is 0 Å². The Labute approximate surface area is 317 Å². The first-order valence-electron chi connectivity index (χ1n) is 18.6. The van der Waals surface area contributed by atoms with Crippen LogP contribution in [0.4, 0.5) is 0 Å². The summed E-state index contributed by atoms with van der Waals surface area (Å²) in [6, 6.07) is 68.6. The molecular formula is C52H32N2O. The molecule has 55 heavy (non-hydrogen) atoms. The third-order valence-corrected chi connectivity index (χ3v) is 10.8. The van der Waals surface area contributed by atoms with Crippen molar-refractivity contribution in [3.8, 4) is 56.2 Å². The Kier molecular flexibility index (Phi) is 7.17. The molecule has 0 atom stereocenters. The molecule has 0 saturated carbocycles. The Balaban J connectivity index is 1.18. The second-order valence-electron chi connectivity index (χ2n) is 14.2. The van der Waals surface area contributed by atoms with Crippen LogP contribution in [-0.4, -0.2) is 9.97 Å². The number of rotatable bonds is 5. The smallest absolute Gasteiger partial charge is 0.160 e. The van der Waals surface area contributed by atoms with Gasteiger partial charge in [-0.3, -0.25) is 0 Å². The Bertz CT molecular complexity index is 3170. The quantitative estimate of drug-likeness (QED) is 0.179. The highest BCUT2D eigenvalue weighted by molar-refractivity contribution is 6.21. The van der Waals surface area contributed by atoms with Crippen molar-refractivity contribution in [1.29, 1.82) is 0 Å². The van der Waals surface area contributed by atoms with Crippen LogP contribution >= 0.6 is 0 Å². The third-order valence-electron chi connectivity index (χ3n) is 10.8.